The molecule has 0 aliphatic heterocycles. The van der Waals surface area contributed by atoms with Gasteiger partial charge in [0, 0.05) is 11.8 Å². The second-order valence-electron chi connectivity index (χ2n) is 13.7. The number of rotatable bonds is 6. The van der Waals surface area contributed by atoms with Gasteiger partial charge in [-0.1, -0.05) is 38.8 Å². The number of hydrogen-bond acceptors (Lipinski definition) is 4. The summed E-state index contributed by atoms with van der Waals surface area (Å²) in [5.74, 6) is 5.46. The molecule has 0 amide bonds. The van der Waals surface area contributed by atoms with Gasteiger partial charge in [-0.15, -0.1) is 0 Å². The lowest BCUT2D eigenvalue weighted by Crippen LogP contribution is -2.48. The number of carbonyl (C=O) groups excluding carboxylic acids is 2. The van der Waals surface area contributed by atoms with Crippen LogP contribution in [0.15, 0.2) is 11.1 Å². The van der Waals surface area contributed by atoms with Crippen LogP contribution in [0.2, 0.25) is 0 Å². The Balaban J connectivity index is 1.11. The van der Waals surface area contributed by atoms with Crippen LogP contribution in [0.3, 0.4) is 0 Å². The Morgan fingerprint density at radius 3 is 2.53 bits per heavy atom. The summed E-state index contributed by atoms with van der Waals surface area (Å²) in [5.41, 5.74) is 2.76. The molecule has 7 saturated carbocycles. The Bertz CT molecular complexity index is 945. The second-order valence-corrected chi connectivity index (χ2v) is 13.7. The van der Waals surface area contributed by atoms with E-state index in [1.807, 2.05) is 6.92 Å². The summed E-state index contributed by atoms with van der Waals surface area (Å²) in [6.45, 7) is 8.42. The second kappa shape index (κ2) is 7.35. The predicted molar refractivity (Wildman–Crippen MR) is 128 cm³/mol. The van der Waals surface area contributed by atoms with E-state index in [1.54, 1.807) is 0 Å². The average Bonchev–Trinajstić information content (AvgIpc) is 3.63. The van der Waals surface area contributed by atoms with E-state index in [1.165, 1.54) is 36.8 Å². The first-order chi connectivity index (χ1) is 16.3. The molecule has 186 valence electrons. The van der Waals surface area contributed by atoms with Crippen LogP contribution in [0.25, 0.3) is 0 Å². The Labute approximate surface area is 204 Å². The molecule has 0 aromatic rings. The van der Waals surface area contributed by atoms with Crippen molar-refractivity contribution in [3.8, 4) is 0 Å². The number of esters is 2. The van der Waals surface area contributed by atoms with Gasteiger partial charge in [-0.05, 0) is 99.2 Å². The third-order valence-electron chi connectivity index (χ3n) is 12.2. The molecule has 4 heteroatoms. The molecule has 0 heterocycles. The van der Waals surface area contributed by atoms with Gasteiger partial charge in [0.1, 0.15) is 11.7 Å². The molecule has 12 unspecified atom stereocenters. The summed E-state index contributed by atoms with van der Waals surface area (Å²) >= 11 is 0. The highest BCUT2D eigenvalue weighted by Crippen LogP contribution is 2.68. The molecular weight excluding hydrogens is 424 g/mol. The van der Waals surface area contributed by atoms with Crippen LogP contribution in [-0.4, -0.2) is 23.6 Å². The summed E-state index contributed by atoms with van der Waals surface area (Å²) in [4.78, 5) is 26.5. The van der Waals surface area contributed by atoms with Crippen LogP contribution in [0, 0.1) is 65.1 Å². The van der Waals surface area contributed by atoms with Crippen molar-refractivity contribution in [3.05, 3.63) is 11.1 Å². The number of ether oxygens (including phenoxy) is 2. The van der Waals surface area contributed by atoms with Crippen molar-refractivity contribution in [3.63, 3.8) is 0 Å². The molecule has 8 aliphatic rings. The highest BCUT2D eigenvalue weighted by molar-refractivity contribution is 5.78. The molecule has 12 atom stereocenters. The van der Waals surface area contributed by atoms with E-state index in [0.29, 0.717) is 41.4 Å². The lowest BCUT2D eigenvalue weighted by atomic mass is 9.70. The zero-order valence-electron chi connectivity index (χ0n) is 21.4. The lowest BCUT2D eigenvalue weighted by Gasteiger charge is -2.44. The molecule has 0 N–H and O–H groups in total. The quantitative estimate of drug-likeness (QED) is 0.359. The first-order valence-corrected chi connectivity index (χ1v) is 14.5. The number of hydrogen-bond donors (Lipinski definition) is 0. The van der Waals surface area contributed by atoms with E-state index < -0.39 is 0 Å². The highest BCUT2D eigenvalue weighted by Gasteiger charge is 2.65. The van der Waals surface area contributed by atoms with Crippen molar-refractivity contribution in [1.29, 1.82) is 0 Å². The van der Waals surface area contributed by atoms with Gasteiger partial charge < -0.3 is 9.47 Å². The average molecular weight is 467 g/mol. The van der Waals surface area contributed by atoms with Crippen LogP contribution in [-0.2, 0) is 19.1 Å². The van der Waals surface area contributed by atoms with Crippen molar-refractivity contribution in [2.24, 2.45) is 65.1 Å². The van der Waals surface area contributed by atoms with Crippen LogP contribution in [0.5, 0.6) is 0 Å². The first kappa shape index (κ1) is 21.9. The molecule has 0 spiro atoms. The normalized spacial score (nSPS) is 49.9. The fourth-order valence-corrected chi connectivity index (χ4v) is 10.6. The van der Waals surface area contributed by atoms with Crippen molar-refractivity contribution < 1.29 is 19.1 Å². The Morgan fingerprint density at radius 1 is 0.971 bits per heavy atom. The van der Waals surface area contributed by atoms with Crippen LogP contribution in [0.4, 0.5) is 0 Å². The molecule has 0 radical (unpaired) electrons. The molecule has 0 aromatic carbocycles. The standard InChI is InChI=1S/C30H42O4/c1-5-30(20-7-16-6-17(9-20)24(30)8-16)34-29(32)22-11-18-10-21(22)27-23-12-19(26(18)27)13-25(23)33-28(31)15(4)14(2)3/h14-20,22-26H,5-13H2,1-4H3. The van der Waals surface area contributed by atoms with Crippen molar-refractivity contribution in [2.45, 2.75) is 97.2 Å². The Kier molecular flexibility index (Phi) is 4.74. The molecule has 0 aromatic heterocycles. The summed E-state index contributed by atoms with van der Waals surface area (Å²) in [6.07, 6.45) is 10.5. The smallest absolute Gasteiger partial charge is 0.313 e. The summed E-state index contributed by atoms with van der Waals surface area (Å²) in [5, 5.41) is 0. The van der Waals surface area contributed by atoms with E-state index in [-0.39, 0.29) is 35.5 Å². The minimum Gasteiger partial charge on any atom is -0.462 e. The first-order valence-electron chi connectivity index (χ1n) is 14.5. The Hall–Kier alpha value is -1.32. The van der Waals surface area contributed by atoms with E-state index in [0.717, 1.165) is 43.9 Å². The molecule has 8 bridgehead atoms. The van der Waals surface area contributed by atoms with Gasteiger partial charge in [-0.25, -0.2) is 0 Å². The fraction of sp³-hybridized carbons (Fsp3) is 0.867. The van der Waals surface area contributed by atoms with Gasteiger partial charge in [0.25, 0.3) is 0 Å². The largest absolute Gasteiger partial charge is 0.462 e. The topological polar surface area (TPSA) is 52.6 Å². The predicted octanol–water partition coefficient (Wildman–Crippen LogP) is 5.94. The summed E-state index contributed by atoms with van der Waals surface area (Å²) < 4.78 is 12.8. The molecule has 8 rings (SSSR count). The SMILES string of the molecule is CCC1(OC(=O)C2CC3CC2=C2C4CC(CC4OC(=O)C(C)C(C)C)C23)C2CC3CC(C2)C1C3. The fourth-order valence-electron chi connectivity index (χ4n) is 10.6. The maximum absolute atomic E-state index is 13.8. The van der Waals surface area contributed by atoms with Gasteiger partial charge in [-0.3, -0.25) is 9.59 Å². The minimum atomic E-state index is -0.180. The van der Waals surface area contributed by atoms with E-state index in [2.05, 4.69) is 20.8 Å². The summed E-state index contributed by atoms with van der Waals surface area (Å²) in [6, 6.07) is 0. The number of carbonyl (C=O) groups is 2. The van der Waals surface area contributed by atoms with Gasteiger partial charge in [-0.2, -0.15) is 0 Å². The third kappa shape index (κ3) is 2.78. The van der Waals surface area contributed by atoms with E-state index in [4.69, 9.17) is 9.47 Å². The highest BCUT2D eigenvalue weighted by atomic mass is 16.6. The van der Waals surface area contributed by atoms with Crippen LogP contribution < -0.4 is 0 Å². The van der Waals surface area contributed by atoms with Gasteiger partial charge in [0.05, 0.1) is 11.8 Å². The maximum atomic E-state index is 13.8. The minimum absolute atomic E-state index is 0.0245. The van der Waals surface area contributed by atoms with Gasteiger partial charge in [0.15, 0.2) is 0 Å². The lowest BCUT2D eigenvalue weighted by molar-refractivity contribution is -0.179. The molecule has 34 heavy (non-hydrogen) atoms. The molecule has 8 aliphatic carbocycles. The maximum Gasteiger partial charge on any atom is 0.313 e. The van der Waals surface area contributed by atoms with E-state index in [9.17, 15) is 9.59 Å². The zero-order valence-corrected chi connectivity index (χ0v) is 21.4. The molecular formula is C30H42O4. The van der Waals surface area contributed by atoms with Gasteiger partial charge >= 0.3 is 11.9 Å². The van der Waals surface area contributed by atoms with Gasteiger partial charge in [0.2, 0.25) is 0 Å². The van der Waals surface area contributed by atoms with Crippen molar-refractivity contribution in [1.82, 2.24) is 0 Å². The zero-order chi connectivity index (χ0) is 23.5. The number of fused-ring (bicyclic) bond motifs is 8. The molecule has 7 fully saturated rings. The Morgan fingerprint density at radius 2 is 1.79 bits per heavy atom. The van der Waals surface area contributed by atoms with Crippen molar-refractivity contribution >= 4 is 11.9 Å². The monoisotopic (exact) mass is 466 g/mol. The summed E-state index contributed by atoms with van der Waals surface area (Å²) in [7, 11) is 0. The van der Waals surface area contributed by atoms with E-state index >= 15 is 0 Å². The third-order valence-corrected chi connectivity index (χ3v) is 12.2. The van der Waals surface area contributed by atoms with Crippen molar-refractivity contribution in [2.75, 3.05) is 0 Å². The molecule has 4 nitrogen and oxygen atoms in total. The van der Waals surface area contributed by atoms with Crippen LogP contribution in [0.1, 0.15) is 85.5 Å². The molecule has 0 saturated heterocycles. The van der Waals surface area contributed by atoms with Crippen LogP contribution >= 0.6 is 0 Å².